The number of carbonyl (C=O) groups excluding carboxylic acids is 1. The SMILES string of the molecule is CCC(N)CCNC(=O)C(C)(C)OC. The number of rotatable bonds is 6. The summed E-state index contributed by atoms with van der Waals surface area (Å²) in [5.74, 6) is -0.0942. The molecule has 0 aliphatic rings. The largest absolute Gasteiger partial charge is 0.369 e. The van der Waals surface area contributed by atoms with Crippen LogP contribution < -0.4 is 11.1 Å². The molecular weight excluding hydrogens is 180 g/mol. The summed E-state index contributed by atoms with van der Waals surface area (Å²) in [7, 11) is 1.53. The van der Waals surface area contributed by atoms with Gasteiger partial charge in [0.2, 0.25) is 0 Å². The van der Waals surface area contributed by atoms with Gasteiger partial charge in [-0.25, -0.2) is 0 Å². The summed E-state index contributed by atoms with van der Waals surface area (Å²) < 4.78 is 5.04. The summed E-state index contributed by atoms with van der Waals surface area (Å²) in [5, 5.41) is 2.80. The molecule has 0 aromatic heterocycles. The van der Waals surface area contributed by atoms with Crippen molar-refractivity contribution in [2.45, 2.75) is 45.3 Å². The zero-order valence-corrected chi connectivity index (χ0v) is 9.59. The van der Waals surface area contributed by atoms with Gasteiger partial charge >= 0.3 is 0 Å². The number of methoxy groups -OCH3 is 1. The lowest BCUT2D eigenvalue weighted by Gasteiger charge is -2.22. The summed E-state index contributed by atoms with van der Waals surface area (Å²) in [5.41, 5.74) is 4.96. The molecule has 0 aromatic rings. The van der Waals surface area contributed by atoms with Crippen molar-refractivity contribution in [3.63, 3.8) is 0 Å². The van der Waals surface area contributed by atoms with Crippen molar-refractivity contribution in [3.8, 4) is 0 Å². The van der Waals surface area contributed by atoms with Crippen LogP contribution in [0.15, 0.2) is 0 Å². The van der Waals surface area contributed by atoms with E-state index in [4.69, 9.17) is 10.5 Å². The van der Waals surface area contributed by atoms with E-state index >= 15 is 0 Å². The number of ether oxygens (including phenoxy) is 1. The Morgan fingerprint density at radius 2 is 2.14 bits per heavy atom. The van der Waals surface area contributed by atoms with E-state index in [1.54, 1.807) is 13.8 Å². The van der Waals surface area contributed by atoms with E-state index in [2.05, 4.69) is 5.32 Å². The zero-order valence-electron chi connectivity index (χ0n) is 9.59. The maximum atomic E-state index is 11.5. The number of hydrogen-bond donors (Lipinski definition) is 2. The van der Waals surface area contributed by atoms with Gasteiger partial charge in [0.05, 0.1) is 0 Å². The Balaban J connectivity index is 3.75. The molecule has 0 radical (unpaired) electrons. The monoisotopic (exact) mass is 202 g/mol. The number of nitrogens with two attached hydrogens (primary N) is 1. The molecule has 0 rings (SSSR count). The average Bonchev–Trinajstić information content (AvgIpc) is 2.17. The van der Waals surface area contributed by atoms with Crippen LogP contribution in [0.25, 0.3) is 0 Å². The average molecular weight is 202 g/mol. The number of nitrogens with one attached hydrogen (secondary N) is 1. The highest BCUT2D eigenvalue weighted by Gasteiger charge is 2.26. The van der Waals surface area contributed by atoms with Crippen molar-refractivity contribution in [2.75, 3.05) is 13.7 Å². The van der Waals surface area contributed by atoms with E-state index in [1.165, 1.54) is 7.11 Å². The molecule has 84 valence electrons. The predicted octanol–water partition coefficient (Wildman–Crippen LogP) is 0.655. The molecular formula is C10H22N2O2. The number of carbonyl (C=O) groups is 1. The Bertz CT molecular complexity index is 181. The first-order valence-electron chi connectivity index (χ1n) is 5.03. The fourth-order valence-corrected chi connectivity index (χ4v) is 0.881. The van der Waals surface area contributed by atoms with Crippen LogP contribution in [0.3, 0.4) is 0 Å². The molecule has 4 nitrogen and oxygen atoms in total. The standard InChI is InChI=1S/C10H22N2O2/c1-5-8(11)6-7-12-9(13)10(2,3)14-4/h8H,5-7,11H2,1-4H3,(H,12,13). The van der Waals surface area contributed by atoms with E-state index in [9.17, 15) is 4.79 Å². The van der Waals surface area contributed by atoms with Crippen LogP contribution in [-0.2, 0) is 9.53 Å². The molecule has 0 bridgehead atoms. The molecule has 4 heteroatoms. The van der Waals surface area contributed by atoms with Crippen LogP contribution in [-0.4, -0.2) is 31.2 Å². The van der Waals surface area contributed by atoms with Gasteiger partial charge in [-0.05, 0) is 26.7 Å². The summed E-state index contributed by atoms with van der Waals surface area (Å²) in [4.78, 5) is 11.5. The molecule has 0 heterocycles. The maximum absolute atomic E-state index is 11.5. The van der Waals surface area contributed by atoms with Crippen LogP contribution >= 0.6 is 0 Å². The Hall–Kier alpha value is -0.610. The van der Waals surface area contributed by atoms with Crippen molar-refractivity contribution in [2.24, 2.45) is 5.73 Å². The van der Waals surface area contributed by atoms with Gasteiger partial charge in [0, 0.05) is 19.7 Å². The first kappa shape index (κ1) is 13.4. The molecule has 0 aromatic carbocycles. The van der Waals surface area contributed by atoms with Crippen molar-refractivity contribution < 1.29 is 9.53 Å². The van der Waals surface area contributed by atoms with E-state index in [0.717, 1.165) is 12.8 Å². The first-order valence-corrected chi connectivity index (χ1v) is 5.03. The highest BCUT2D eigenvalue weighted by atomic mass is 16.5. The minimum atomic E-state index is -0.754. The minimum Gasteiger partial charge on any atom is -0.369 e. The van der Waals surface area contributed by atoms with Gasteiger partial charge in [0.15, 0.2) is 0 Å². The summed E-state index contributed by atoms with van der Waals surface area (Å²) in [6.45, 7) is 6.12. The quantitative estimate of drug-likeness (QED) is 0.665. The van der Waals surface area contributed by atoms with Crippen molar-refractivity contribution in [1.82, 2.24) is 5.32 Å². The molecule has 0 saturated carbocycles. The number of hydrogen-bond acceptors (Lipinski definition) is 3. The highest BCUT2D eigenvalue weighted by Crippen LogP contribution is 2.06. The van der Waals surface area contributed by atoms with Crippen molar-refractivity contribution >= 4 is 5.91 Å². The van der Waals surface area contributed by atoms with Gasteiger partial charge in [0.1, 0.15) is 5.60 Å². The smallest absolute Gasteiger partial charge is 0.251 e. The molecule has 0 spiro atoms. The third-order valence-corrected chi connectivity index (χ3v) is 2.38. The first-order chi connectivity index (χ1) is 6.44. The lowest BCUT2D eigenvalue weighted by molar-refractivity contribution is -0.139. The van der Waals surface area contributed by atoms with Crippen LogP contribution in [0, 0.1) is 0 Å². The van der Waals surface area contributed by atoms with Crippen LogP contribution in [0.1, 0.15) is 33.6 Å². The number of amides is 1. The molecule has 3 N–H and O–H groups in total. The Kier molecular flexibility index (Phi) is 5.72. The van der Waals surface area contributed by atoms with Gasteiger partial charge in [-0.15, -0.1) is 0 Å². The minimum absolute atomic E-state index is 0.0942. The Labute approximate surface area is 86.2 Å². The van der Waals surface area contributed by atoms with Crippen LogP contribution in [0.5, 0.6) is 0 Å². The molecule has 1 amide bonds. The van der Waals surface area contributed by atoms with Gasteiger partial charge in [-0.2, -0.15) is 0 Å². The van der Waals surface area contributed by atoms with Crippen molar-refractivity contribution in [3.05, 3.63) is 0 Å². The topological polar surface area (TPSA) is 64.3 Å². The molecule has 0 aliphatic heterocycles. The lowest BCUT2D eigenvalue weighted by atomic mass is 10.1. The third kappa shape index (κ3) is 4.58. The van der Waals surface area contributed by atoms with Gasteiger partial charge in [-0.1, -0.05) is 6.92 Å². The van der Waals surface area contributed by atoms with E-state index in [-0.39, 0.29) is 11.9 Å². The summed E-state index contributed by atoms with van der Waals surface area (Å²) in [6.07, 6.45) is 1.74. The Morgan fingerprint density at radius 1 is 1.57 bits per heavy atom. The zero-order chi connectivity index (χ0) is 11.2. The molecule has 14 heavy (non-hydrogen) atoms. The van der Waals surface area contributed by atoms with Gasteiger partial charge in [-0.3, -0.25) is 4.79 Å². The second kappa shape index (κ2) is 5.98. The van der Waals surface area contributed by atoms with Gasteiger partial charge in [0.25, 0.3) is 5.91 Å². The van der Waals surface area contributed by atoms with E-state index in [0.29, 0.717) is 6.54 Å². The van der Waals surface area contributed by atoms with Crippen LogP contribution in [0.4, 0.5) is 0 Å². The second-order valence-corrected chi connectivity index (χ2v) is 3.93. The summed E-state index contributed by atoms with van der Waals surface area (Å²) in [6, 6.07) is 0.168. The highest BCUT2D eigenvalue weighted by molar-refractivity contribution is 5.84. The van der Waals surface area contributed by atoms with E-state index in [1.807, 2.05) is 6.92 Å². The summed E-state index contributed by atoms with van der Waals surface area (Å²) >= 11 is 0. The third-order valence-electron chi connectivity index (χ3n) is 2.38. The second-order valence-electron chi connectivity index (χ2n) is 3.93. The Morgan fingerprint density at radius 3 is 2.57 bits per heavy atom. The molecule has 0 fully saturated rings. The van der Waals surface area contributed by atoms with Crippen LogP contribution in [0.2, 0.25) is 0 Å². The fraction of sp³-hybridized carbons (Fsp3) is 0.900. The van der Waals surface area contributed by atoms with Crippen molar-refractivity contribution in [1.29, 1.82) is 0 Å². The molecule has 1 atom stereocenters. The normalized spacial score (nSPS) is 13.8. The molecule has 0 saturated heterocycles. The molecule has 1 unspecified atom stereocenters. The molecule has 0 aliphatic carbocycles. The predicted molar refractivity (Wildman–Crippen MR) is 57.0 cm³/mol. The van der Waals surface area contributed by atoms with E-state index < -0.39 is 5.60 Å². The van der Waals surface area contributed by atoms with Gasteiger partial charge < -0.3 is 15.8 Å². The maximum Gasteiger partial charge on any atom is 0.251 e. The lowest BCUT2D eigenvalue weighted by Crippen LogP contribution is -2.44. The fourth-order valence-electron chi connectivity index (χ4n) is 0.881.